The molecule has 0 aliphatic rings. The van der Waals surface area contributed by atoms with Crippen LogP contribution >= 0.6 is 11.6 Å². The Morgan fingerprint density at radius 1 is 1.38 bits per heavy atom. The normalized spacial score (nSPS) is 9.85. The summed E-state index contributed by atoms with van der Waals surface area (Å²) in [5, 5.41) is 9.71. The predicted octanol–water partition coefficient (Wildman–Crippen LogP) is 2.15. The van der Waals surface area contributed by atoms with E-state index in [0.717, 1.165) is 5.39 Å². The lowest BCUT2D eigenvalue weighted by Gasteiger charge is -1.96. The minimum Gasteiger partial charge on any atom is -0.226 e. The van der Waals surface area contributed by atoms with Crippen molar-refractivity contribution in [3.63, 3.8) is 0 Å². The highest BCUT2D eigenvalue weighted by Crippen LogP contribution is 2.14. The summed E-state index contributed by atoms with van der Waals surface area (Å²) in [4.78, 5) is 7.82. The summed E-state index contributed by atoms with van der Waals surface area (Å²) >= 11 is 5.61. The van der Waals surface area contributed by atoms with Crippen LogP contribution in [0.2, 0.25) is 5.28 Å². The van der Waals surface area contributed by atoms with Crippen molar-refractivity contribution in [3.8, 4) is 6.07 Å². The Bertz CT molecular complexity index is 502. The van der Waals surface area contributed by atoms with Crippen molar-refractivity contribution < 1.29 is 0 Å². The van der Waals surface area contributed by atoms with Crippen molar-refractivity contribution >= 4 is 22.5 Å². The number of aromatic nitrogens is 2. The molecule has 0 saturated carbocycles. The Kier molecular flexibility index (Phi) is 1.84. The lowest BCUT2D eigenvalue weighted by molar-refractivity contribution is 1.22. The van der Waals surface area contributed by atoms with Gasteiger partial charge in [-0.2, -0.15) is 5.26 Å². The quantitative estimate of drug-likeness (QED) is 0.597. The van der Waals surface area contributed by atoms with Gasteiger partial charge in [-0.25, -0.2) is 9.97 Å². The monoisotopic (exact) mass is 189 g/mol. The highest BCUT2D eigenvalue weighted by atomic mass is 35.5. The number of nitrogens with zero attached hydrogens (tertiary/aromatic N) is 3. The van der Waals surface area contributed by atoms with E-state index >= 15 is 0 Å². The second-order valence-corrected chi connectivity index (χ2v) is 2.86. The Morgan fingerprint density at radius 3 is 3.00 bits per heavy atom. The third-order valence-corrected chi connectivity index (χ3v) is 1.86. The Morgan fingerprint density at radius 2 is 2.23 bits per heavy atom. The van der Waals surface area contributed by atoms with Gasteiger partial charge in [-0.05, 0) is 29.8 Å². The molecule has 2 rings (SSSR count). The van der Waals surface area contributed by atoms with Crippen LogP contribution in [-0.4, -0.2) is 9.97 Å². The zero-order valence-electron chi connectivity index (χ0n) is 6.53. The van der Waals surface area contributed by atoms with Crippen LogP contribution in [-0.2, 0) is 0 Å². The predicted molar refractivity (Wildman–Crippen MR) is 49.3 cm³/mol. The molecule has 0 amide bonds. The molecule has 3 nitrogen and oxygen atoms in total. The Balaban J connectivity index is 2.77. The number of halogens is 1. The summed E-state index contributed by atoms with van der Waals surface area (Å²) in [7, 11) is 0. The standard InChI is InChI=1S/C9H4ClN3/c10-9-12-5-7-2-1-6(4-11)3-8(7)13-9/h1-3,5H. The topological polar surface area (TPSA) is 49.6 Å². The number of hydrogen-bond acceptors (Lipinski definition) is 3. The smallest absolute Gasteiger partial charge is 0.222 e. The van der Waals surface area contributed by atoms with Gasteiger partial charge in [-0.15, -0.1) is 0 Å². The van der Waals surface area contributed by atoms with Gasteiger partial charge in [-0.3, -0.25) is 0 Å². The van der Waals surface area contributed by atoms with E-state index in [-0.39, 0.29) is 5.28 Å². The molecule has 0 spiro atoms. The average Bonchev–Trinajstić information content (AvgIpc) is 2.16. The number of benzene rings is 1. The first-order valence-electron chi connectivity index (χ1n) is 3.62. The van der Waals surface area contributed by atoms with Gasteiger partial charge in [-0.1, -0.05) is 0 Å². The van der Waals surface area contributed by atoms with Gasteiger partial charge in [0.2, 0.25) is 5.28 Å². The second kappa shape index (κ2) is 3.00. The lowest BCUT2D eigenvalue weighted by atomic mass is 10.2. The first kappa shape index (κ1) is 7.96. The van der Waals surface area contributed by atoms with Crippen molar-refractivity contribution in [2.75, 3.05) is 0 Å². The zero-order chi connectivity index (χ0) is 9.26. The summed E-state index contributed by atoms with van der Waals surface area (Å²) in [6, 6.07) is 7.24. The van der Waals surface area contributed by atoms with Crippen LogP contribution < -0.4 is 0 Å². The molecule has 2 aromatic rings. The maximum atomic E-state index is 8.64. The van der Waals surface area contributed by atoms with Gasteiger partial charge < -0.3 is 0 Å². The van der Waals surface area contributed by atoms with Gasteiger partial charge in [0.05, 0.1) is 17.1 Å². The molecule has 0 radical (unpaired) electrons. The van der Waals surface area contributed by atoms with E-state index in [0.29, 0.717) is 11.1 Å². The van der Waals surface area contributed by atoms with Crippen LogP contribution in [0.4, 0.5) is 0 Å². The second-order valence-electron chi connectivity index (χ2n) is 2.52. The maximum absolute atomic E-state index is 8.64. The van der Waals surface area contributed by atoms with Crippen molar-refractivity contribution in [3.05, 3.63) is 35.2 Å². The molecule has 0 saturated heterocycles. The van der Waals surface area contributed by atoms with Crippen LogP contribution in [0.5, 0.6) is 0 Å². The zero-order valence-corrected chi connectivity index (χ0v) is 7.28. The van der Waals surface area contributed by atoms with Crippen LogP contribution in [0.25, 0.3) is 10.9 Å². The molecular formula is C9H4ClN3. The fraction of sp³-hybridized carbons (Fsp3) is 0. The van der Waals surface area contributed by atoms with Gasteiger partial charge in [0, 0.05) is 11.6 Å². The van der Waals surface area contributed by atoms with E-state index < -0.39 is 0 Å². The molecule has 1 aromatic carbocycles. The molecule has 0 atom stereocenters. The van der Waals surface area contributed by atoms with Crippen LogP contribution in [0.1, 0.15) is 5.56 Å². The number of nitriles is 1. The summed E-state index contributed by atoms with van der Waals surface area (Å²) in [6.45, 7) is 0. The largest absolute Gasteiger partial charge is 0.226 e. The molecular weight excluding hydrogens is 186 g/mol. The van der Waals surface area contributed by atoms with Crippen molar-refractivity contribution in [1.29, 1.82) is 5.26 Å². The molecule has 0 aliphatic heterocycles. The molecule has 62 valence electrons. The fourth-order valence-electron chi connectivity index (χ4n) is 1.07. The molecule has 0 unspecified atom stereocenters. The number of fused-ring (bicyclic) bond motifs is 1. The highest BCUT2D eigenvalue weighted by molar-refractivity contribution is 6.28. The Labute approximate surface area is 79.6 Å². The summed E-state index contributed by atoms with van der Waals surface area (Å²) in [6.07, 6.45) is 1.63. The summed E-state index contributed by atoms with van der Waals surface area (Å²) in [5.74, 6) is 0. The number of rotatable bonds is 0. The first-order valence-corrected chi connectivity index (χ1v) is 4.00. The lowest BCUT2D eigenvalue weighted by Crippen LogP contribution is -1.84. The van der Waals surface area contributed by atoms with Gasteiger partial charge in [0.1, 0.15) is 0 Å². The SMILES string of the molecule is N#Cc1ccc2cnc(Cl)nc2c1. The average molecular weight is 190 g/mol. The minimum absolute atomic E-state index is 0.197. The third kappa shape index (κ3) is 1.44. The van der Waals surface area contributed by atoms with E-state index in [4.69, 9.17) is 16.9 Å². The fourth-order valence-corrected chi connectivity index (χ4v) is 1.21. The maximum Gasteiger partial charge on any atom is 0.222 e. The molecule has 0 N–H and O–H groups in total. The minimum atomic E-state index is 0.197. The van der Waals surface area contributed by atoms with E-state index in [2.05, 4.69) is 9.97 Å². The summed E-state index contributed by atoms with van der Waals surface area (Å²) in [5.41, 5.74) is 1.27. The molecule has 0 aliphatic carbocycles. The van der Waals surface area contributed by atoms with Gasteiger partial charge >= 0.3 is 0 Å². The van der Waals surface area contributed by atoms with E-state index in [9.17, 15) is 0 Å². The van der Waals surface area contributed by atoms with Gasteiger partial charge in [0.25, 0.3) is 0 Å². The molecule has 0 fully saturated rings. The molecule has 1 heterocycles. The van der Waals surface area contributed by atoms with Gasteiger partial charge in [0.15, 0.2) is 0 Å². The third-order valence-electron chi connectivity index (χ3n) is 1.68. The first-order chi connectivity index (χ1) is 6.29. The van der Waals surface area contributed by atoms with E-state index in [1.807, 2.05) is 6.07 Å². The highest BCUT2D eigenvalue weighted by Gasteiger charge is 1.98. The van der Waals surface area contributed by atoms with Crippen molar-refractivity contribution in [2.24, 2.45) is 0 Å². The van der Waals surface area contributed by atoms with Crippen LogP contribution in [0.15, 0.2) is 24.4 Å². The van der Waals surface area contributed by atoms with E-state index in [1.54, 1.807) is 24.4 Å². The molecule has 0 bridgehead atoms. The van der Waals surface area contributed by atoms with E-state index in [1.165, 1.54) is 0 Å². The molecule has 13 heavy (non-hydrogen) atoms. The van der Waals surface area contributed by atoms with Crippen molar-refractivity contribution in [1.82, 2.24) is 9.97 Å². The molecule has 4 heteroatoms. The number of hydrogen-bond donors (Lipinski definition) is 0. The van der Waals surface area contributed by atoms with Crippen LogP contribution in [0, 0.1) is 11.3 Å². The molecule has 1 aromatic heterocycles. The van der Waals surface area contributed by atoms with Crippen molar-refractivity contribution in [2.45, 2.75) is 0 Å². The van der Waals surface area contributed by atoms with Crippen LogP contribution in [0.3, 0.4) is 0 Å². The Hall–Kier alpha value is -1.66. The summed E-state index contributed by atoms with van der Waals surface area (Å²) < 4.78 is 0.